The van der Waals surface area contributed by atoms with Crippen LogP contribution in [-0.2, 0) is 10.0 Å². The first-order chi connectivity index (χ1) is 14.2. The number of likely N-dealkylation sites (N-methyl/N-ethyl adjacent to an activating group) is 1. The standard InChI is InChI=1S/C22H29N3O4S/c1-16(2)20-15-19(9-10-21(20)29-4)30(27,28)23-18-7-5-17(6-8-18)22(26)25-13-11-24(3)12-14-25/h5-10,15-16,23H,11-14H2,1-4H3. The Hall–Kier alpha value is -2.58. The number of sulfonamides is 1. The Kier molecular flexibility index (Phi) is 6.67. The summed E-state index contributed by atoms with van der Waals surface area (Å²) in [4.78, 5) is 16.8. The van der Waals surface area contributed by atoms with Gasteiger partial charge in [-0.15, -0.1) is 0 Å². The first kappa shape index (κ1) is 22.1. The van der Waals surface area contributed by atoms with Crippen LogP contribution >= 0.6 is 0 Å². The number of hydrogen-bond acceptors (Lipinski definition) is 5. The van der Waals surface area contributed by atoms with Gasteiger partial charge in [0.1, 0.15) is 5.75 Å². The number of rotatable bonds is 6. The van der Waals surface area contributed by atoms with Crippen molar-refractivity contribution in [2.75, 3.05) is 45.1 Å². The highest BCUT2D eigenvalue weighted by Crippen LogP contribution is 2.29. The molecule has 30 heavy (non-hydrogen) atoms. The van der Waals surface area contributed by atoms with Crippen LogP contribution in [0.15, 0.2) is 47.4 Å². The fourth-order valence-corrected chi connectivity index (χ4v) is 4.51. The second-order valence-corrected chi connectivity index (χ2v) is 9.52. The van der Waals surface area contributed by atoms with Gasteiger partial charge < -0.3 is 14.5 Å². The summed E-state index contributed by atoms with van der Waals surface area (Å²) in [6.07, 6.45) is 0. The Morgan fingerprint density at radius 2 is 1.67 bits per heavy atom. The molecule has 1 heterocycles. The lowest BCUT2D eigenvalue weighted by atomic mass is 10.0. The average Bonchev–Trinajstić information content (AvgIpc) is 2.73. The lowest BCUT2D eigenvalue weighted by Gasteiger charge is -2.32. The quantitative estimate of drug-likeness (QED) is 0.761. The van der Waals surface area contributed by atoms with Crippen LogP contribution in [0.2, 0.25) is 0 Å². The maximum atomic E-state index is 12.8. The summed E-state index contributed by atoms with van der Waals surface area (Å²) in [7, 11) is -0.155. The lowest BCUT2D eigenvalue weighted by molar-refractivity contribution is 0.0664. The van der Waals surface area contributed by atoms with E-state index >= 15 is 0 Å². The first-order valence-electron chi connectivity index (χ1n) is 10.00. The van der Waals surface area contributed by atoms with Crippen molar-refractivity contribution in [1.29, 1.82) is 0 Å². The molecule has 1 fully saturated rings. The minimum absolute atomic E-state index is 0.0331. The SMILES string of the molecule is COc1ccc(S(=O)(=O)Nc2ccc(C(=O)N3CCN(C)CC3)cc2)cc1C(C)C. The van der Waals surface area contributed by atoms with Gasteiger partial charge >= 0.3 is 0 Å². The predicted molar refractivity (Wildman–Crippen MR) is 118 cm³/mol. The molecule has 1 aliphatic rings. The zero-order chi connectivity index (χ0) is 21.9. The molecular formula is C22H29N3O4S. The monoisotopic (exact) mass is 431 g/mol. The number of carbonyl (C=O) groups excluding carboxylic acids is 1. The van der Waals surface area contributed by atoms with E-state index in [1.807, 2.05) is 25.8 Å². The van der Waals surface area contributed by atoms with Gasteiger partial charge in [0, 0.05) is 37.4 Å². The van der Waals surface area contributed by atoms with Crippen molar-refractivity contribution in [2.24, 2.45) is 0 Å². The summed E-state index contributed by atoms with van der Waals surface area (Å²) >= 11 is 0. The number of methoxy groups -OCH3 is 1. The summed E-state index contributed by atoms with van der Waals surface area (Å²) in [5.41, 5.74) is 1.79. The maximum absolute atomic E-state index is 12.8. The van der Waals surface area contributed by atoms with Crippen molar-refractivity contribution in [2.45, 2.75) is 24.7 Å². The molecule has 0 saturated carbocycles. The summed E-state index contributed by atoms with van der Waals surface area (Å²) in [5, 5.41) is 0. The molecule has 2 aromatic carbocycles. The number of anilines is 1. The Bertz CT molecular complexity index is 996. The summed E-state index contributed by atoms with van der Waals surface area (Å²) in [5.74, 6) is 0.750. The number of carbonyl (C=O) groups is 1. The molecule has 1 saturated heterocycles. The summed E-state index contributed by atoms with van der Waals surface area (Å²) in [6.45, 7) is 7.06. The van der Waals surface area contributed by atoms with Crippen molar-refractivity contribution < 1.29 is 17.9 Å². The van der Waals surface area contributed by atoms with Crippen LogP contribution in [0.3, 0.4) is 0 Å². The third-order valence-electron chi connectivity index (χ3n) is 5.31. The van der Waals surface area contributed by atoms with E-state index in [-0.39, 0.29) is 16.7 Å². The molecule has 3 rings (SSSR count). The van der Waals surface area contributed by atoms with E-state index < -0.39 is 10.0 Å². The minimum atomic E-state index is -3.76. The van der Waals surface area contributed by atoms with E-state index in [0.717, 1.165) is 18.7 Å². The van der Waals surface area contributed by atoms with Gasteiger partial charge in [-0.05, 0) is 61.0 Å². The Balaban J connectivity index is 1.74. The number of amides is 1. The Labute approximate surface area is 178 Å². The smallest absolute Gasteiger partial charge is 0.261 e. The number of nitrogens with one attached hydrogen (secondary N) is 1. The number of benzene rings is 2. The Morgan fingerprint density at radius 1 is 1.03 bits per heavy atom. The number of hydrogen-bond donors (Lipinski definition) is 1. The lowest BCUT2D eigenvalue weighted by Crippen LogP contribution is -2.47. The topological polar surface area (TPSA) is 78.9 Å². The van der Waals surface area contributed by atoms with Gasteiger partial charge in [0.2, 0.25) is 0 Å². The summed E-state index contributed by atoms with van der Waals surface area (Å²) in [6, 6.07) is 11.4. The highest BCUT2D eigenvalue weighted by atomic mass is 32.2. The van der Waals surface area contributed by atoms with Crippen LogP contribution in [0.5, 0.6) is 5.75 Å². The van der Waals surface area contributed by atoms with E-state index in [9.17, 15) is 13.2 Å². The molecule has 7 nitrogen and oxygen atoms in total. The molecule has 8 heteroatoms. The molecule has 1 amide bonds. The van der Waals surface area contributed by atoms with Crippen LogP contribution in [0.4, 0.5) is 5.69 Å². The van der Waals surface area contributed by atoms with Crippen LogP contribution in [-0.4, -0.2) is 64.5 Å². The van der Waals surface area contributed by atoms with Crippen molar-refractivity contribution in [3.05, 3.63) is 53.6 Å². The fraction of sp³-hybridized carbons (Fsp3) is 0.409. The number of piperazine rings is 1. The van der Waals surface area contributed by atoms with E-state index in [0.29, 0.717) is 30.1 Å². The fourth-order valence-electron chi connectivity index (χ4n) is 3.42. The maximum Gasteiger partial charge on any atom is 0.261 e. The third kappa shape index (κ3) is 4.94. The van der Waals surface area contributed by atoms with Gasteiger partial charge in [-0.2, -0.15) is 0 Å². The molecule has 0 aromatic heterocycles. The van der Waals surface area contributed by atoms with E-state index in [4.69, 9.17) is 4.74 Å². The second kappa shape index (κ2) is 9.06. The van der Waals surface area contributed by atoms with Gasteiger partial charge in [0.25, 0.3) is 15.9 Å². The molecule has 0 spiro atoms. The van der Waals surface area contributed by atoms with Crippen molar-refractivity contribution in [3.8, 4) is 5.75 Å². The van der Waals surface area contributed by atoms with Crippen LogP contribution in [0.1, 0.15) is 35.7 Å². The normalized spacial score (nSPS) is 15.3. The molecule has 1 N–H and O–H groups in total. The van der Waals surface area contributed by atoms with Gasteiger partial charge in [-0.3, -0.25) is 9.52 Å². The van der Waals surface area contributed by atoms with Crippen LogP contribution in [0, 0.1) is 0 Å². The Morgan fingerprint density at radius 3 is 2.23 bits per heavy atom. The molecular weight excluding hydrogens is 402 g/mol. The zero-order valence-electron chi connectivity index (χ0n) is 17.9. The van der Waals surface area contributed by atoms with Gasteiger partial charge in [0.15, 0.2) is 0 Å². The van der Waals surface area contributed by atoms with Crippen molar-refractivity contribution in [1.82, 2.24) is 9.80 Å². The second-order valence-electron chi connectivity index (χ2n) is 7.84. The molecule has 0 aliphatic carbocycles. The highest BCUT2D eigenvalue weighted by Gasteiger charge is 2.21. The zero-order valence-corrected chi connectivity index (χ0v) is 18.7. The molecule has 2 aromatic rings. The van der Waals surface area contributed by atoms with Crippen LogP contribution < -0.4 is 9.46 Å². The summed E-state index contributed by atoms with van der Waals surface area (Å²) < 4.78 is 33.6. The number of ether oxygens (including phenoxy) is 1. The molecule has 0 radical (unpaired) electrons. The van der Waals surface area contributed by atoms with E-state index in [2.05, 4.69) is 9.62 Å². The predicted octanol–water partition coefficient (Wildman–Crippen LogP) is 3.01. The molecule has 1 aliphatic heterocycles. The molecule has 162 valence electrons. The molecule has 0 bridgehead atoms. The molecule has 0 unspecified atom stereocenters. The highest BCUT2D eigenvalue weighted by molar-refractivity contribution is 7.92. The molecule has 0 atom stereocenters. The van der Waals surface area contributed by atoms with E-state index in [1.54, 1.807) is 43.5 Å². The first-order valence-corrected chi connectivity index (χ1v) is 11.5. The van der Waals surface area contributed by atoms with Gasteiger partial charge in [-0.1, -0.05) is 13.8 Å². The van der Waals surface area contributed by atoms with Crippen molar-refractivity contribution >= 4 is 21.6 Å². The van der Waals surface area contributed by atoms with Crippen LogP contribution in [0.25, 0.3) is 0 Å². The average molecular weight is 432 g/mol. The van der Waals surface area contributed by atoms with Crippen molar-refractivity contribution in [3.63, 3.8) is 0 Å². The largest absolute Gasteiger partial charge is 0.496 e. The van der Waals surface area contributed by atoms with E-state index in [1.165, 1.54) is 6.07 Å². The number of nitrogens with zero attached hydrogens (tertiary/aromatic N) is 2. The van der Waals surface area contributed by atoms with Gasteiger partial charge in [-0.25, -0.2) is 8.42 Å². The van der Waals surface area contributed by atoms with Gasteiger partial charge in [0.05, 0.1) is 12.0 Å². The minimum Gasteiger partial charge on any atom is -0.496 e. The third-order valence-corrected chi connectivity index (χ3v) is 6.69.